The molecule has 150 valence electrons. The Labute approximate surface area is 173 Å². The second-order valence-electron chi connectivity index (χ2n) is 6.20. The number of nitrogens with zero attached hydrogens (tertiary/aromatic N) is 3. The molecule has 3 aromatic carbocycles. The second-order valence-corrected chi connectivity index (χ2v) is 6.97. The van der Waals surface area contributed by atoms with Crippen LogP contribution in [0.15, 0.2) is 87.9 Å². The summed E-state index contributed by atoms with van der Waals surface area (Å²) in [6, 6.07) is 23.0. The van der Waals surface area contributed by atoms with Crippen LogP contribution >= 0.6 is 12.0 Å². The van der Waals surface area contributed by atoms with Gasteiger partial charge in [-0.25, -0.2) is 5.26 Å². The van der Waals surface area contributed by atoms with Crippen LogP contribution in [-0.4, -0.2) is 11.8 Å². The zero-order valence-electron chi connectivity index (χ0n) is 15.9. The molecule has 0 saturated heterocycles. The number of hydrogen-bond acceptors (Lipinski definition) is 8. The molecular weight excluding hydrogens is 388 g/mol. The van der Waals surface area contributed by atoms with Crippen molar-refractivity contribution in [2.75, 3.05) is 17.2 Å². The first kappa shape index (κ1) is 20.8. The Hall–Kier alpha value is -2.91. The molecule has 0 aliphatic carbocycles. The first-order chi connectivity index (χ1) is 14.2. The molecule has 29 heavy (non-hydrogen) atoms. The van der Waals surface area contributed by atoms with Gasteiger partial charge in [0.2, 0.25) is 0 Å². The van der Waals surface area contributed by atoms with Crippen molar-refractivity contribution in [2.45, 2.75) is 18.4 Å². The quantitative estimate of drug-likeness (QED) is 0.145. The van der Waals surface area contributed by atoms with Crippen LogP contribution < -0.4 is 10.6 Å². The van der Waals surface area contributed by atoms with Gasteiger partial charge in [-0.15, -0.1) is 4.33 Å². The smallest absolute Gasteiger partial charge is 0.0858 e. The SMILES string of the molecule is CCN(Cc1cccc(SOOO)c1)c1ccc(N=Nc2ccc(N)cc2)cc1. The fourth-order valence-electron chi connectivity index (χ4n) is 2.74. The predicted molar refractivity (Wildman–Crippen MR) is 115 cm³/mol. The van der Waals surface area contributed by atoms with Gasteiger partial charge in [0.15, 0.2) is 0 Å². The van der Waals surface area contributed by atoms with E-state index in [-0.39, 0.29) is 0 Å². The highest BCUT2D eigenvalue weighted by Gasteiger charge is 2.07. The normalized spacial score (nSPS) is 11.1. The number of rotatable bonds is 9. The van der Waals surface area contributed by atoms with Crippen molar-refractivity contribution in [1.82, 2.24) is 0 Å². The molecule has 0 bridgehead atoms. The fourth-order valence-corrected chi connectivity index (χ4v) is 3.19. The van der Waals surface area contributed by atoms with E-state index in [4.69, 9.17) is 11.0 Å². The molecule has 3 aromatic rings. The lowest BCUT2D eigenvalue weighted by atomic mass is 10.2. The minimum atomic E-state index is 0.700. The van der Waals surface area contributed by atoms with Crippen LogP contribution in [-0.2, 0) is 15.9 Å². The summed E-state index contributed by atoms with van der Waals surface area (Å²) in [5.41, 5.74) is 10.1. The van der Waals surface area contributed by atoms with Crippen molar-refractivity contribution in [3.05, 3.63) is 78.4 Å². The minimum absolute atomic E-state index is 0.700. The van der Waals surface area contributed by atoms with Crippen molar-refractivity contribution >= 4 is 34.8 Å². The zero-order valence-corrected chi connectivity index (χ0v) is 16.7. The summed E-state index contributed by atoms with van der Waals surface area (Å²) < 4.78 is 4.50. The van der Waals surface area contributed by atoms with Crippen molar-refractivity contribution < 1.29 is 14.6 Å². The predicted octanol–water partition coefficient (Wildman–Crippen LogP) is 6.14. The lowest BCUT2D eigenvalue weighted by Gasteiger charge is -2.23. The topological polar surface area (TPSA) is 92.7 Å². The van der Waals surface area contributed by atoms with Gasteiger partial charge in [-0.3, -0.25) is 0 Å². The highest BCUT2D eigenvalue weighted by Crippen LogP contribution is 2.25. The first-order valence-electron chi connectivity index (χ1n) is 9.04. The lowest BCUT2D eigenvalue weighted by Crippen LogP contribution is -2.21. The van der Waals surface area contributed by atoms with E-state index in [0.29, 0.717) is 5.69 Å². The van der Waals surface area contributed by atoms with Gasteiger partial charge in [-0.1, -0.05) is 17.2 Å². The summed E-state index contributed by atoms with van der Waals surface area (Å²) in [7, 11) is 0. The van der Waals surface area contributed by atoms with Gasteiger partial charge in [0.05, 0.1) is 23.4 Å². The Kier molecular flexibility index (Phi) is 7.60. The van der Waals surface area contributed by atoms with E-state index in [2.05, 4.69) is 31.4 Å². The van der Waals surface area contributed by atoms with Gasteiger partial charge >= 0.3 is 0 Å². The number of benzene rings is 3. The third-order valence-corrected chi connectivity index (χ3v) is 4.78. The third kappa shape index (κ3) is 6.30. The molecule has 0 fully saturated rings. The van der Waals surface area contributed by atoms with Gasteiger partial charge in [0.25, 0.3) is 0 Å². The Morgan fingerprint density at radius 3 is 2.24 bits per heavy atom. The van der Waals surface area contributed by atoms with Crippen LogP contribution in [0.2, 0.25) is 0 Å². The highest BCUT2D eigenvalue weighted by atomic mass is 32.2. The fraction of sp³-hybridized carbons (Fsp3) is 0.143. The van der Waals surface area contributed by atoms with Crippen LogP contribution in [0.1, 0.15) is 12.5 Å². The van der Waals surface area contributed by atoms with Gasteiger partial charge in [-0.05, 0) is 73.2 Å². The van der Waals surface area contributed by atoms with E-state index in [1.54, 1.807) is 12.1 Å². The molecule has 0 aliphatic rings. The van der Waals surface area contributed by atoms with Gasteiger partial charge in [0.1, 0.15) is 0 Å². The maximum absolute atomic E-state index is 8.29. The van der Waals surface area contributed by atoms with E-state index < -0.39 is 0 Å². The van der Waals surface area contributed by atoms with Crippen LogP contribution in [0.3, 0.4) is 0 Å². The number of anilines is 2. The molecular formula is C21H22N4O3S. The lowest BCUT2D eigenvalue weighted by molar-refractivity contribution is -0.432. The monoisotopic (exact) mass is 410 g/mol. The second kappa shape index (κ2) is 10.6. The summed E-state index contributed by atoms with van der Waals surface area (Å²) in [4.78, 5) is 3.08. The van der Waals surface area contributed by atoms with E-state index in [1.807, 2.05) is 60.7 Å². The van der Waals surface area contributed by atoms with Crippen LogP contribution in [0.4, 0.5) is 22.7 Å². The molecule has 0 saturated carbocycles. The average Bonchev–Trinajstić information content (AvgIpc) is 2.76. The standard InChI is InChI=1S/C21H22N4O3S/c1-2-25(15-16-4-3-5-21(14-16)29-28-27-26)20-12-10-19(11-13-20)24-23-18-8-6-17(22)7-9-18/h3-14,26H,2,15,22H2,1H3. The number of hydrogen-bond donors (Lipinski definition) is 2. The first-order valence-corrected chi connectivity index (χ1v) is 9.78. The number of nitrogen functional groups attached to an aromatic ring is 1. The molecule has 0 aromatic heterocycles. The molecule has 0 spiro atoms. The van der Waals surface area contributed by atoms with E-state index >= 15 is 0 Å². The maximum atomic E-state index is 8.29. The zero-order chi connectivity index (χ0) is 20.5. The van der Waals surface area contributed by atoms with Gasteiger partial charge in [0, 0.05) is 29.4 Å². The average molecular weight is 410 g/mol. The van der Waals surface area contributed by atoms with E-state index in [0.717, 1.165) is 52.7 Å². The molecule has 0 aliphatic heterocycles. The minimum Gasteiger partial charge on any atom is -0.399 e. The summed E-state index contributed by atoms with van der Waals surface area (Å²) >= 11 is 0.951. The van der Waals surface area contributed by atoms with Gasteiger partial charge < -0.3 is 10.6 Å². The van der Waals surface area contributed by atoms with Crippen molar-refractivity contribution in [2.24, 2.45) is 10.2 Å². The summed E-state index contributed by atoms with van der Waals surface area (Å²) in [5.74, 6) is 0. The molecule has 0 radical (unpaired) electrons. The van der Waals surface area contributed by atoms with Crippen LogP contribution in [0, 0.1) is 0 Å². The van der Waals surface area contributed by atoms with Crippen molar-refractivity contribution in [3.8, 4) is 0 Å². The van der Waals surface area contributed by atoms with E-state index in [1.165, 1.54) is 0 Å². The molecule has 7 nitrogen and oxygen atoms in total. The molecule has 8 heteroatoms. The highest BCUT2D eigenvalue weighted by molar-refractivity contribution is 7.94. The maximum Gasteiger partial charge on any atom is 0.0858 e. The van der Waals surface area contributed by atoms with Crippen LogP contribution in [0.25, 0.3) is 0 Å². The van der Waals surface area contributed by atoms with E-state index in [9.17, 15) is 0 Å². The number of nitrogens with two attached hydrogens (primary N) is 1. The van der Waals surface area contributed by atoms with Gasteiger partial charge in [-0.2, -0.15) is 10.2 Å². The van der Waals surface area contributed by atoms with Crippen LogP contribution in [0.5, 0.6) is 0 Å². The Morgan fingerprint density at radius 1 is 0.966 bits per heavy atom. The van der Waals surface area contributed by atoms with Crippen molar-refractivity contribution in [1.29, 1.82) is 0 Å². The summed E-state index contributed by atoms with van der Waals surface area (Å²) in [6.07, 6.45) is 0. The summed E-state index contributed by atoms with van der Waals surface area (Å²) in [5, 5.41) is 20.4. The molecule has 0 heterocycles. The Balaban J connectivity index is 1.66. The molecule has 0 amide bonds. The Bertz CT molecular complexity index is 933. The molecule has 3 N–H and O–H groups in total. The molecule has 0 atom stereocenters. The summed E-state index contributed by atoms with van der Waals surface area (Å²) in [6.45, 7) is 3.69. The largest absolute Gasteiger partial charge is 0.399 e. The van der Waals surface area contributed by atoms with Crippen molar-refractivity contribution in [3.63, 3.8) is 0 Å². The number of azo groups is 1. The Morgan fingerprint density at radius 2 is 1.62 bits per heavy atom. The molecule has 3 rings (SSSR count). The third-order valence-electron chi connectivity index (χ3n) is 4.20. The molecule has 0 unspecified atom stereocenters.